The normalized spacial score (nSPS) is 10.9. The number of aromatic amines is 1. The van der Waals surface area contributed by atoms with Gasteiger partial charge >= 0.3 is 11.7 Å². The Balaban J connectivity index is 1.81. The van der Waals surface area contributed by atoms with Crippen LogP contribution in [-0.2, 0) is 6.61 Å². The maximum atomic E-state index is 13.0. The van der Waals surface area contributed by atoms with Crippen LogP contribution in [0.25, 0.3) is 16.6 Å². The van der Waals surface area contributed by atoms with Crippen LogP contribution in [0.5, 0.6) is 5.75 Å². The molecule has 0 aliphatic rings. The number of halogens is 1. The van der Waals surface area contributed by atoms with Crippen LogP contribution < -0.4 is 16.0 Å². The molecule has 4 rings (SSSR count). The number of carboxylic acids is 1. The lowest BCUT2D eigenvalue weighted by atomic mass is 10.2. The molecule has 2 heterocycles. The molecule has 0 fully saturated rings. The molecule has 7 nitrogen and oxygen atoms in total. The molecule has 0 aliphatic heterocycles. The summed E-state index contributed by atoms with van der Waals surface area (Å²) in [7, 11) is 0. The Kier molecular flexibility index (Phi) is 4.96. The highest BCUT2D eigenvalue weighted by Crippen LogP contribution is 2.24. The number of hydrogen-bond acceptors (Lipinski definition) is 5. The Morgan fingerprint density at radius 3 is 2.66 bits per heavy atom. The number of nitrogens with one attached hydrogen (secondary N) is 1. The molecular formula is C20H13ClN2O5S. The molecule has 29 heavy (non-hydrogen) atoms. The van der Waals surface area contributed by atoms with Gasteiger partial charge in [0.05, 0.1) is 21.6 Å². The number of H-pyrrole nitrogens is 1. The summed E-state index contributed by atoms with van der Waals surface area (Å²) in [4.78, 5) is 39.4. The van der Waals surface area contributed by atoms with Gasteiger partial charge in [-0.3, -0.25) is 4.79 Å². The fourth-order valence-corrected chi connectivity index (χ4v) is 3.95. The largest absolute Gasteiger partial charge is 0.489 e. The molecule has 0 saturated carbocycles. The number of aromatic carboxylic acids is 1. The highest BCUT2D eigenvalue weighted by molar-refractivity contribution is 7.13. The van der Waals surface area contributed by atoms with E-state index < -0.39 is 17.2 Å². The number of para-hydroxylation sites is 1. The summed E-state index contributed by atoms with van der Waals surface area (Å²) >= 11 is 7.13. The molecule has 0 bridgehead atoms. The molecule has 0 amide bonds. The first kappa shape index (κ1) is 19.0. The highest BCUT2D eigenvalue weighted by Gasteiger charge is 2.20. The van der Waals surface area contributed by atoms with E-state index in [0.29, 0.717) is 11.3 Å². The standard InChI is InChI=1S/C20H13ClN2O5S/c21-13-7-6-11(9-28-12-4-2-1-3-5-12)8-15(13)23-18(24)16-14(22-20(23)27)10-29-17(16)19(25)26/h1-8,10H,9H2,(H,22,27)(H,25,26). The Labute approximate surface area is 172 Å². The second-order valence-corrected chi connectivity index (χ2v) is 7.40. The van der Waals surface area contributed by atoms with E-state index in [9.17, 15) is 19.5 Å². The lowest BCUT2D eigenvalue weighted by molar-refractivity contribution is 0.0704. The van der Waals surface area contributed by atoms with Crippen molar-refractivity contribution in [3.8, 4) is 11.4 Å². The summed E-state index contributed by atoms with van der Waals surface area (Å²) < 4.78 is 6.54. The van der Waals surface area contributed by atoms with Crippen molar-refractivity contribution in [1.29, 1.82) is 0 Å². The maximum absolute atomic E-state index is 13.0. The van der Waals surface area contributed by atoms with Gasteiger partial charge in [-0.25, -0.2) is 14.2 Å². The topological polar surface area (TPSA) is 101 Å². The molecule has 2 N–H and O–H groups in total. The van der Waals surface area contributed by atoms with E-state index in [1.807, 2.05) is 30.3 Å². The number of carbonyl (C=O) groups is 1. The van der Waals surface area contributed by atoms with Gasteiger partial charge in [-0.2, -0.15) is 0 Å². The zero-order chi connectivity index (χ0) is 20.5. The summed E-state index contributed by atoms with van der Waals surface area (Å²) in [6, 6.07) is 14.0. The molecule has 4 aromatic rings. The summed E-state index contributed by atoms with van der Waals surface area (Å²) in [6.45, 7) is 0.196. The first-order valence-corrected chi connectivity index (χ1v) is 9.68. The van der Waals surface area contributed by atoms with Crippen molar-refractivity contribution in [1.82, 2.24) is 9.55 Å². The second kappa shape index (κ2) is 7.57. The van der Waals surface area contributed by atoms with Gasteiger partial charge in [0.15, 0.2) is 0 Å². The summed E-state index contributed by atoms with van der Waals surface area (Å²) in [5.41, 5.74) is -0.441. The van der Waals surface area contributed by atoms with E-state index in [0.717, 1.165) is 15.9 Å². The molecule has 0 spiro atoms. The van der Waals surface area contributed by atoms with Crippen molar-refractivity contribution in [3.63, 3.8) is 0 Å². The Hall–Kier alpha value is -3.36. The molecule has 2 aromatic carbocycles. The van der Waals surface area contributed by atoms with Crippen LogP contribution in [0.3, 0.4) is 0 Å². The summed E-state index contributed by atoms with van der Waals surface area (Å²) in [5, 5.41) is 10.9. The fraction of sp³-hybridized carbons (Fsp3) is 0.0500. The lowest BCUT2D eigenvalue weighted by Gasteiger charge is -2.11. The Bertz CT molecular complexity index is 1340. The van der Waals surface area contributed by atoms with Crippen LogP contribution in [-0.4, -0.2) is 20.6 Å². The van der Waals surface area contributed by atoms with Crippen LogP contribution >= 0.6 is 22.9 Å². The third-order valence-electron chi connectivity index (χ3n) is 4.25. The van der Waals surface area contributed by atoms with Crippen molar-refractivity contribution in [2.45, 2.75) is 6.61 Å². The summed E-state index contributed by atoms with van der Waals surface area (Å²) in [5.74, 6) is -0.568. The van der Waals surface area contributed by atoms with Crippen LogP contribution in [0.2, 0.25) is 5.02 Å². The minimum Gasteiger partial charge on any atom is -0.489 e. The smallest absolute Gasteiger partial charge is 0.346 e. The van der Waals surface area contributed by atoms with E-state index in [4.69, 9.17) is 16.3 Å². The van der Waals surface area contributed by atoms with Gasteiger partial charge in [-0.1, -0.05) is 35.9 Å². The number of rotatable bonds is 5. The molecule has 0 atom stereocenters. The van der Waals surface area contributed by atoms with E-state index in [1.165, 1.54) is 5.38 Å². The zero-order valence-corrected chi connectivity index (χ0v) is 16.3. The average Bonchev–Trinajstić information content (AvgIpc) is 3.13. The molecule has 0 aliphatic carbocycles. The van der Waals surface area contributed by atoms with Crippen molar-refractivity contribution < 1.29 is 14.6 Å². The average molecular weight is 429 g/mol. The Morgan fingerprint density at radius 2 is 1.93 bits per heavy atom. The van der Waals surface area contributed by atoms with Gasteiger partial charge in [0, 0.05) is 5.38 Å². The van der Waals surface area contributed by atoms with Crippen LogP contribution in [0.1, 0.15) is 15.2 Å². The lowest BCUT2D eigenvalue weighted by Crippen LogP contribution is -2.34. The van der Waals surface area contributed by atoms with E-state index in [-0.39, 0.29) is 33.1 Å². The molecule has 0 unspecified atom stereocenters. The number of carboxylic acid groups (broad SMARTS) is 1. The van der Waals surface area contributed by atoms with Gasteiger partial charge in [0.1, 0.15) is 17.2 Å². The fourth-order valence-electron chi connectivity index (χ4n) is 2.92. The minimum atomic E-state index is -1.24. The van der Waals surface area contributed by atoms with Crippen LogP contribution in [0, 0.1) is 0 Å². The van der Waals surface area contributed by atoms with Crippen molar-refractivity contribution in [2.75, 3.05) is 0 Å². The van der Waals surface area contributed by atoms with E-state index >= 15 is 0 Å². The van der Waals surface area contributed by atoms with Gasteiger partial charge in [-0.15, -0.1) is 11.3 Å². The van der Waals surface area contributed by atoms with Crippen LogP contribution in [0.4, 0.5) is 0 Å². The van der Waals surface area contributed by atoms with Gasteiger partial charge in [-0.05, 0) is 29.8 Å². The molecule has 0 saturated heterocycles. The maximum Gasteiger partial charge on any atom is 0.346 e. The first-order valence-electron chi connectivity index (χ1n) is 8.42. The van der Waals surface area contributed by atoms with Gasteiger partial charge < -0.3 is 14.8 Å². The number of nitrogens with zero attached hydrogens (tertiary/aromatic N) is 1. The number of fused-ring (bicyclic) bond motifs is 1. The predicted molar refractivity (Wildman–Crippen MR) is 111 cm³/mol. The molecule has 146 valence electrons. The number of ether oxygens (including phenoxy) is 1. The minimum absolute atomic E-state index is 0.0656. The molecule has 9 heteroatoms. The van der Waals surface area contributed by atoms with Crippen molar-refractivity contribution in [2.24, 2.45) is 0 Å². The quantitative estimate of drug-likeness (QED) is 0.505. The number of aromatic nitrogens is 2. The SMILES string of the molecule is O=C(O)c1scc2[nH]c(=O)n(-c3cc(COc4ccccc4)ccc3Cl)c(=O)c12. The van der Waals surface area contributed by atoms with E-state index in [1.54, 1.807) is 18.2 Å². The molecular weight excluding hydrogens is 416 g/mol. The van der Waals surface area contributed by atoms with Gasteiger partial charge in [0.2, 0.25) is 0 Å². The third kappa shape index (κ3) is 3.55. The molecule has 0 radical (unpaired) electrons. The highest BCUT2D eigenvalue weighted by atomic mass is 35.5. The zero-order valence-electron chi connectivity index (χ0n) is 14.7. The first-order chi connectivity index (χ1) is 14.0. The van der Waals surface area contributed by atoms with Crippen LogP contribution in [0.15, 0.2) is 63.5 Å². The van der Waals surface area contributed by atoms with Gasteiger partial charge in [0.25, 0.3) is 5.56 Å². The second-order valence-electron chi connectivity index (χ2n) is 6.12. The summed E-state index contributed by atoms with van der Waals surface area (Å²) in [6.07, 6.45) is 0. The van der Waals surface area contributed by atoms with Crippen molar-refractivity contribution in [3.05, 3.63) is 90.2 Å². The monoisotopic (exact) mass is 428 g/mol. The number of hydrogen-bond donors (Lipinski definition) is 2. The third-order valence-corrected chi connectivity index (χ3v) is 5.53. The number of benzene rings is 2. The Morgan fingerprint density at radius 1 is 1.17 bits per heavy atom. The van der Waals surface area contributed by atoms with Crippen molar-refractivity contribution >= 4 is 39.8 Å². The predicted octanol–water partition coefficient (Wildman–Crippen LogP) is 3.67. The number of thiophene rings is 1. The van der Waals surface area contributed by atoms with E-state index in [2.05, 4.69) is 4.98 Å². The molecule has 2 aromatic heterocycles.